The van der Waals surface area contributed by atoms with Crippen LogP contribution in [0.15, 0.2) is 17.0 Å². The molecule has 3 aliphatic rings. The van der Waals surface area contributed by atoms with Crippen LogP contribution in [0.3, 0.4) is 0 Å². The Morgan fingerprint density at radius 2 is 1.58 bits per heavy atom. The second kappa shape index (κ2) is 9.96. The number of rotatable bonds is 6. The number of carbonyl (C=O) groups is 1. The third-order valence-electron chi connectivity index (χ3n) is 6.56. The lowest BCUT2D eigenvalue weighted by Crippen LogP contribution is -2.42. The Balaban J connectivity index is 1.41. The molecule has 1 aromatic carbocycles. The van der Waals surface area contributed by atoms with E-state index in [0.717, 1.165) is 32.2 Å². The molecule has 1 N–H and O–H groups in total. The molecular weight excluding hydrogens is 457 g/mol. The second-order valence-electron chi connectivity index (χ2n) is 9.11. The summed E-state index contributed by atoms with van der Waals surface area (Å²) in [7, 11) is -3.78. The molecule has 1 aromatic rings. The van der Waals surface area contributed by atoms with Crippen LogP contribution >= 0.6 is 23.2 Å². The molecule has 1 aliphatic carbocycles. The van der Waals surface area contributed by atoms with Crippen molar-refractivity contribution in [2.45, 2.75) is 62.3 Å². The fourth-order valence-electron chi connectivity index (χ4n) is 4.56. The molecule has 0 atom stereocenters. The molecule has 0 aromatic heterocycles. The van der Waals surface area contributed by atoms with E-state index in [1.54, 1.807) is 4.90 Å². The highest BCUT2D eigenvalue weighted by Gasteiger charge is 2.32. The first kappa shape index (κ1) is 23.3. The number of carbonyl (C=O) groups excluding carboxylic acids is 1. The smallest absolute Gasteiger partial charge is 0.255 e. The predicted molar refractivity (Wildman–Crippen MR) is 123 cm³/mol. The highest BCUT2D eigenvalue weighted by atomic mass is 35.5. The van der Waals surface area contributed by atoms with Gasteiger partial charge in [0.05, 0.1) is 15.6 Å². The van der Waals surface area contributed by atoms with Crippen LogP contribution in [-0.2, 0) is 10.0 Å². The van der Waals surface area contributed by atoms with Gasteiger partial charge in [0.25, 0.3) is 5.91 Å². The van der Waals surface area contributed by atoms with Gasteiger partial charge < -0.3 is 9.80 Å². The van der Waals surface area contributed by atoms with Crippen molar-refractivity contribution in [3.05, 3.63) is 27.7 Å². The van der Waals surface area contributed by atoms with Crippen molar-refractivity contribution in [3.8, 4) is 0 Å². The van der Waals surface area contributed by atoms with Gasteiger partial charge >= 0.3 is 0 Å². The van der Waals surface area contributed by atoms with Crippen LogP contribution in [0, 0.1) is 5.92 Å². The lowest BCUT2D eigenvalue weighted by molar-refractivity contribution is 0.0668. The summed E-state index contributed by atoms with van der Waals surface area (Å²) >= 11 is 12.5. The molecule has 0 bridgehead atoms. The lowest BCUT2D eigenvalue weighted by atomic mass is 9.95. The summed E-state index contributed by atoms with van der Waals surface area (Å²) < 4.78 is 27.9. The van der Waals surface area contributed by atoms with E-state index in [2.05, 4.69) is 9.62 Å². The van der Waals surface area contributed by atoms with Gasteiger partial charge in [0, 0.05) is 25.7 Å². The molecule has 2 heterocycles. The van der Waals surface area contributed by atoms with E-state index in [1.807, 2.05) is 0 Å². The maximum Gasteiger partial charge on any atom is 0.255 e. The number of likely N-dealkylation sites (tertiary alicyclic amines) is 2. The average Bonchev–Trinajstić information content (AvgIpc) is 3.55. The monoisotopic (exact) mass is 487 g/mol. The largest absolute Gasteiger partial charge is 0.339 e. The van der Waals surface area contributed by atoms with E-state index in [0.29, 0.717) is 19.0 Å². The number of piperidine rings is 1. The van der Waals surface area contributed by atoms with E-state index < -0.39 is 10.0 Å². The van der Waals surface area contributed by atoms with Gasteiger partial charge in [-0.2, -0.15) is 0 Å². The van der Waals surface area contributed by atoms with E-state index in [9.17, 15) is 13.2 Å². The Bertz CT molecular complexity index is 905. The zero-order valence-corrected chi connectivity index (χ0v) is 20.1. The van der Waals surface area contributed by atoms with Gasteiger partial charge in [-0.3, -0.25) is 4.79 Å². The third-order valence-corrected chi connectivity index (χ3v) is 8.86. The highest BCUT2D eigenvalue weighted by molar-refractivity contribution is 7.89. The molecule has 0 spiro atoms. The van der Waals surface area contributed by atoms with E-state index >= 15 is 0 Å². The van der Waals surface area contributed by atoms with Crippen LogP contribution in [0.1, 0.15) is 61.7 Å². The van der Waals surface area contributed by atoms with Crippen LogP contribution < -0.4 is 4.72 Å². The predicted octanol–water partition coefficient (Wildman–Crippen LogP) is 4.16. The van der Waals surface area contributed by atoms with Gasteiger partial charge in [-0.05, 0) is 69.7 Å². The molecular formula is C22H31Cl2N3O3S. The summed E-state index contributed by atoms with van der Waals surface area (Å²) in [6.45, 7) is 4.81. The number of amides is 1. The van der Waals surface area contributed by atoms with Crippen molar-refractivity contribution in [1.82, 2.24) is 14.5 Å². The van der Waals surface area contributed by atoms with Crippen molar-refractivity contribution in [1.29, 1.82) is 0 Å². The number of sulfonamides is 1. The fraction of sp³-hybridized carbons (Fsp3) is 0.682. The van der Waals surface area contributed by atoms with E-state index in [4.69, 9.17) is 23.2 Å². The van der Waals surface area contributed by atoms with Gasteiger partial charge in [0.15, 0.2) is 0 Å². The number of hydrogen-bond donors (Lipinski definition) is 1. The SMILES string of the molecule is O=C(c1cc(S(=O)(=O)NC2CC2)c(Cl)cc1Cl)N1CCC(CN2CCCCCC2)CC1. The van der Waals surface area contributed by atoms with Crippen molar-refractivity contribution < 1.29 is 13.2 Å². The maximum absolute atomic E-state index is 13.2. The fourth-order valence-corrected chi connectivity index (χ4v) is 6.71. The van der Waals surface area contributed by atoms with Gasteiger partial charge in [-0.1, -0.05) is 36.0 Å². The average molecular weight is 488 g/mol. The first-order valence-corrected chi connectivity index (χ1v) is 13.6. The van der Waals surface area contributed by atoms with Crippen LogP contribution in [0.2, 0.25) is 10.0 Å². The highest BCUT2D eigenvalue weighted by Crippen LogP contribution is 2.32. The minimum atomic E-state index is -3.78. The van der Waals surface area contributed by atoms with Gasteiger partial charge in [-0.25, -0.2) is 13.1 Å². The number of hydrogen-bond acceptors (Lipinski definition) is 4. The van der Waals surface area contributed by atoms with Crippen molar-refractivity contribution >= 4 is 39.1 Å². The Labute approximate surface area is 195 Å². The molecule has 172 valence electrons. The number of benzene rings is 1. The third kappa shape index (κ3) is 5.93. The Hall–Kier alpha value is -0.860. The summed E-state index contributed by atoms with van der Waals surface area (Å²) in [6.07, 6.45) is 8.80. The standard InChI is InChI=1S/C22H31Cl2N3O3S/c23-19-14-20(24)21(31(29,30)25-17-5-6-17)13-18(19)22(28)27-11-7-16(8-12-27)15-26-9-3-1-2-4-10-26/h13-14,16-17,25H,1-12,15H2. The minimum absolute atomic E-state index is 0.0332. The molecule has 6 nitrogen and oxygen atoms in total. The van der Waals surface area contributed by atoms with Crippen LogP contribution in [0.4, 0.5) is 0 Å². The summed E-state index contributed by atoms with van der Waals surface area (Å²) in [5.41, 5.74) is 0.202. The molecule has 2 aliphatic heterocycles. The quantitative estimate of drug-likeness (QED) is 0.653. The van der Waals surface area contributed by atoms with Crippen molar-refractivity contribution in [2.24, 2.45) is 5.92 Å². The van der Waals surface area contributed by atoms with Crippen molar-refractivity contribution in [2.75, 3.05) is 32.7 Å². The lowest BCUT2D eigenvalue weighted by Gasteiger charge is -2.35. The summed E-state index contributed by atoms with van der Waals surface area (Å²) in [4.78, 5) is 17.5. The van der Waals surface area contributed by atoms with Crippen molar-refractivity contribution in [3.63, 3.8) is 0 Å². The molecule has 4 rings (SSSR count). The molecule has 0 radical (unpaired) electrons. The zero-order valence-electron chi connectivity index (χ0n) is 17.8. The number of nitrogens with one attached hydrogen (secondary N) is 1. The summed E-state index contributed by atoms with van der Waals surface area (Å²) in [5.74, 6) is 0.374. The normalized spacial score (nSPS) is 21.8. The Kier molecular flexibility index (Phi) is 7.48. The van der Waals surface area contributed by atoms with Crippen LogP contribution in [0.5, 0.6) is 0 Å². The second-order valence-corrected chi connectivity index (χ2v) is 11.6. The minimum Gasteiger partial charge on any atom is -0.339 e. The Morgan fingerprint density at radius 3 is 2.19 bits per heavy atom. The molecule has 9 heteroatoms. The van der Waals surface area contributed by atoms with Gasteiger partial charge in [-0.15, -0.1) is 0 Å². The Morgan fingerprint density at radius 1 is 0.935 bits per heavy atom. The number of nitrogens with zero attached hydrogens (tertiary/aromatic N) is 2. The molecule has 0 unspecified atom stereocenters. The van der Waals surface area contributed by atoms with E-state index in [-0.39, 0.29) is 32.5 Å². The molecule has 2 saturated heterocycles. The summed E-state index contributed by atoms with van der Waals surface area (Å²) in [6, 6.07) is 2.66. The first-order chi connectivity index (χ1) is 14.8. The summed E-state index contributed by atoms with van der Waals surface area (Å²) in [5, 5.41) is 0.220. The topological polar surface area (TPSA) is 69.7 Å². The van der Waals surface area contributed by atoms with E-state index in [1.165, 1.54) is 50.9 Å². The number of halogens is 2. The van der Waals surface area contributed by atoms with Gasteiger partial charge in [0.1, 0.15) is 4.90 Å². The molecule has 3 fully saturated rings. The molecule has 1 amide bonds. The first-order valence-electron chi connectivity index (χ1n) is 11.4. The maximum atomic E-state index is 13.2. The van der Waals surface area contributed by atoms with Crippen LogP contribution in [-0.4, -0.2) is 62.9 Å². The zero-order chi connectivity index (χ0) is 22.0. The molecule has 31 heavy (non-hydrogen) atoms. The molecule has 1 saturated carbocycles. The van der Waals surface area contributed by atoms with Crippen LogP contribution in [0.25, 0.3) is 0 Å². The van der Waals surface area contributed by atoms with Gasteiger partial charge in [0.2, 0.25) is 10.0 Å².